The van der Waals surface area contributed by atoms with Crippen molar-refractivity contribution in [3.05, 3.63) is 29.8 Å². The molecular weight excluding hydrogens is 264 g/mol. The van der Waals surface area contributed by atoms with Crippen LogP contribution in [0.4, 0.5) is 5.69 Å². The summed E-state index contributed by atoms with van der Waals surface area (Å²) < 4.78 is 0. The normalized spacial score (nSPS) is 18.4. The van der Waals surface area contributed by atoms with Crippen molar-refractivity contribution in [3.63, 3.8) is 0 Å². The Labute approximate surface area is 127 Å². The number of thioether (sulfide) groups is 1. The number of hydrogen-bond acceptors (Lipinski definition) is 3. The lowest BCUT2D eigenvalue weighted by Crippen LogP contribution is -2.08. The van der Waals surface area contributed by atoms with E-state index in [0.29, 0.717) is 6.04 Å². The van der Waals surface area contributed by atoms with Gasteiger partial charge < -0.3 is 5.32 Å². The molecule has 0 amide bonds. The van der Waals surface area contributed by atoms with Crippen molar-refractivity contribution >= 4 is 22.6 Å². The fraction of sp³-hybridized carbons (Fsp3) is 0.588. The number of anilines is 1. The molecule has 0 aromatic heterocycles. The molecule has 0 radical (unpaired) electrons. The Kier molecular flexibility index (Phi) is 5.96. The smallest absolute Gasteiger partial charge is 0.161 e. The van der Waals surface area contributed by atoms with Crippen LogP contribution in [-0.2, 0) is 6.42 Å². The van der Waals surface area contributed by atoms with Gasteiger partial charge in [-0.2, -0.15) is 0 Å². The topological polar surface area (TPSA) is 24.4 Å². The lowest BCUT2D eigenvalue weighted by Gasteiger charge is -2.07. The number of hydrogen-bond donors (Lipinski definition) is 1. The molecule has 0 aliphatic carbocycles. The van der Waals surface area contributed by atoms with E-state index in [1.165, 1.54) is 31.2 Å². The fourth-order valence-corrected chi connectivity index (χ4v) is 3.38. The third-order valence-corrected chi connectivity index (χ3v) is 4.51. The number of nitrogens with one attached hydrogen (secondary N) is 1. The summed E-state index contributed by atoms with van der Waals surface area (Å²) in [4.78, 5) is 4.76. The first-order valence-corrected chi connectivity index (χ1v) is 8.72. The molecule has 0 saturated carbocycles. The van der Waals surface area contributed by atoms with Gasteiger partial charge in [-0.25, -0.2) is 0 Å². The highest BCUT2D eigenvalue weighted by atomic mass is 32.2. The minimum Gasteiger partial charge on any atom is -0.335 e. The van der Waals surface area contributed by atoms with Gasteiger partial charge in [0.1, 0.15) is 0 Å². The minimum atomic E-state index is 0.492. The van der Waals surface area contributed by atoms with Crippen molar-refractivity contribution in [1.82, 2.24) is 0 Å². The summed E-state index contributed by atoms with van der Waals surface area (Å²) in [7, 11) is 0. The average Bonchev–Trinajstić information content (AvgIpc) is 2.84. The van der Waals surface area contributed by atoms with Crippen LogP contribution in [0.5, 0.6) is 0 Å². The van der Waals surface area contributed by atoms with Crippen molar-refractivity contribution in [2.75, 3.05) is 11.1 Å². The minimum absolute atomic E-state index is 0.492. The maximum atomic E-state index is 4.76. The summed E-state index contributed by atoms with van der Waals surface area (Å²) in [6, 6.07) is 9.28. The molecule has 1 unspecified atom stereocenters. The van der Waals surface area contributed by atoms with Gasteiger partial charge in [0.25, 0.3) is 0 Å². The van der Waals surface area contributed by atoms with Gasteiger partial charge in [-0.05, 0) is 42.9 Å². The number of aliphatic imine (C=N–C) groups is 1. The first-order chi connectivity index (χ1) is 9.67. The number of aryl methyl sites for hydroxylation is 1. The van der Waals surface area contributed by atoms with Crippen LogP contribution in [-0.4, -0.2) is 17.0 Å². The SMILES string of the molecule is CCCCc1ccc(NC2=NC(CC(C)C)CS2)cc1. The van der Waals surface area contributed by atoms with Gasteiger partial charge in [0, 0.05) is 11.4 Å². The lowest BCUT2D eigenvalue weighted by molar-refractivity contribution is 0.529. The molecule has 1 aliphatic heterocycles. The standard InChI is InChI=1S/C17H26N2S/c1-4-5-6-14-7-9-15(10-8-14)18-17-19-16(12-20-17)11-13(2)3/h7-10,13,16H,4-6,11-12H2,1-3H3,(H,18,19). The largest absolute Gasteiger partial charge is 0.335 e. The Bertz CT molecular complexity index is 437. The van der Waals surface area contributed by atoms with Gasteiger partial charge >= 0.3 is 0 Å². The van der Waals surface area contributed by atoms with Gasteiger partial charge in [-0.3, -0.25) is 4.99 Å². The summed E-state index contributed by atoms with van der Waals surface area (Å²) in [6.45, 7) is 6.76. The van der Waals surface area contributed by atoms with Crippen molar-refractivity contribution in [2.45, 2.75) is 52.5 Å². The maximum Gasteiger partial charge on any atom is 0.161 e. The predicted octanol–water partition coefficient (Wildman–Crippen LogP) is 4.96. The molecule has 1 aromatic carbocycles. The zero-order valence-corrected chi connectivity index (χ0v) is 13.7. The molecule has 110 valence electrons. The second-order valence-electron chi connectivity index (χ2n) is 5.95. The quantitative estimate of drug-likeness (QED) is 0.801. The molecule has 1 heterocycles. The highest BCUT2D eigenvalue weighted by Gasteiger charge is 2.19. The van der Waals surface area contributed by atoms with Gasteiger partial charge in [0.2, 0.25) is 0 Å². The van der Waals surface area contributed by atoms with Gasteiger partial charge in [0.15, 0.2) is 5.17 Å². The van der Waals surface area contributed by atoms with E-state index in [0.717, 1.165) is 22.5 Å². The fourth-order valence-electron chi connectivity index (χ4n) is 2.41. The van der Waals surface area contributed by atoms with Crippen LogP contribution in [0.25, 0.3) is 0 Å². The second-order valence-corrected chi connectivity index (χ2v) is 6.96. The molecular formula is C17H26N2S. The first-order valence-electron chi connectivity index (χ1n) is 7.74. The third kappa shape index (κ3) is 4.86. The summed E-state index contributed by atoms with van der Waals surface area (Å²) in [5, 5.41) is 4.52. The van der Waals surface area contributed by atoms with Crippen LogP contribution in [0, 0.1) is 5.92 Å². The molecule has 1 aromatic rings. The number of unbranched alkanes of at least 4 members (excludes halogenated alkanes) is 1. The molecule has 20 heavy (non-hydrogen) atoms. The van der Waals surface area contributed by atoms with E-state index in [1.54, 1.807) is 0 Å². The van der Waals surface area contributed by atoms with Gasteiger partial charge in [-0.15, -0.1) is 0 Å². The van der Waals surface area contributed by atoms with E-state index >= 15 is 0 Å². The van der Waals surface area contributed by atoms with Crippen LogP contribution in [0.15, 0.2) is 29.3 Å². The van der Waals surface area contributed by atoms with Crippen molar-refractivity contribution in [2.24, 2.45) is 10.9 Å². The van der Waals surface area contributed by atoms with Crippen LogP contribution in [0.3, 0.4) is 0 Å². The molecule has 0 bridgehead atoms. The number of benzene rings is 1. The summed E-state index contributed by atoms with van der Waals surface area (Å²) in [5.41, 5.74) is 2.58. The number of amidine groups is 1. The first kappa shape index (κ1) is 15.4. The molecule has 3 heteroatoms. The van der Waals surface area contributed by atoms with E-state index in [4.69, 9.17) is 4.99 Å². The zero-order chi connectivity index (χ0) is 14.4. The van der Waals surface area contributed by atoms with Crippen molar-refractivity contribution in [3.8, 4) is 0 Å². The highest BCUT2D eigenvalue weighted by Crippen LogP contribution is 2.24. The lowest BCUT2D eigenvalue weighted by atomic mass is 10.1. The van der Waals surface area contributed by atoms with E-state index in [9.17, 15) is 0 Å². The van der Waals surface area contributed by atoms with E-state index in [2.05, 4.69) is 50.4 Å². The predicted molar refractivity (Wildman–Crippen MR) is 91.8 cm³/mol. The third-order valence-electron chi connectivity index (χ3n) is 3.48. The second kappa shape index (κ2) is 7.72. The van der Waals surface area contributed by atoms with Crippen molar-refractivity contribution in [1.29, 1.82) is 0 Å². The molecule has 1 aliphatic rings. The molecule has 2 nitrogen and oxygen atoms in total. The molecule has 0 fully saturated rings. The van der Waals surface area contributed by atoms with E-state index in [-0.39, 0.29) is 0 Å². The van der Waals surface area contributed by atoms with E-state index in [1.807, 2.05) is 11.8 Å². The molecule has 0 saturated heterocycles. The van der Waals surface area contributed by atoms with Gasteiger partial charge in [-0.1, -0.05) is 51.1 Å². The van der Waals surface area contributed by atoms with Gasteiger partial charge in [0.05, 0.1) is 6.04 Å². The van der Waals surface area contributed by atoms with Crippen LogP contribution in [0.2, 0.25) is 0 Å². The summed E-state index contributed by atoms with van der Waals surface area (Å²) in [6.07, 6.45) is 4.90. The monoisotopic (exact) mass is 290 g/mol. The van der Waals surface area contributed by atoms with Crippen LogP contribution >= 0.6 is 11.8 Å². The number of rotatable bonds is 6. The Morgan fingerprint density at radius 1 is 1.30 bits per heavy atom. The van der Waals surface area contributed by atoms with Crippen molar-refractivity contribution < 1.29 is 0 Å². The zero-order valence-electron chi connectivity index (χ0n) is 12.9. The average molecular weight is 290 g/mol. The van der Waals surface area contributed by atoms with E-state index < -0.39 is 0 Å². The Hall–Kier alpha value is -0.960. The maximum absolute atomic E-state index is 4.76. The summed E-state index contributed by atoms with van der Waals surface area (Å²) in [5.74, 6) is 1.84. The molecule has 1 N–H and O–H groups in total. The Morgan fingerprint density at radius 2 is 2.05 bits per heavy atom. The van der Waals surface area contributed by atoms with Crippen LogP contribution in [0.1, 0.15) is 45.6 Å². The molecule has 2 rings (SSSR count). The Balaban J connectivity index is 1.87. The highest BCUT2D eigenvalue weighted by molar-refractivity contribution is 8.14. The molecule has 0 spiro atoms. The molecule has 1 atom stereocenters. The summed E-state index contributed by atoms with van der Waals surface area (Å²) >= 11 is 1.84. The number of nitrogens with zero attached hydrogens (tertiary/aromatic N) is 1. The van der Waals surface area contributed by atoms with Crippen LogP contribution < -0.4 is 5.32 Å². The Morgan fingerprint density at radius 3 is 2.70 bits per heavy atom.